The summed E-state index contributed by atoms with van der Waals surface area (Å²) in [6.07, 6.45) is 10.3. The molecule has 8 nitrogen and oxygen atoms in total. The standard InChI is InChI=1S/C18H26N4O4/c23-16(20-14-4-2-1-3-5-14)11-22-10-13(9-19-22)17(24)21-15-7-6-12(8-15)18(25)26/h9-10,12,14-15H,1-8,11H2,(H,20,23)(H,21,24)(H,25,26)/t12-,15+/m1/s1. The molecular weight excluding hydrogens is 336 g/mol. The average Bonchev–Trinajstić information content (AvgIpc) is 3.25. The van der Waals surface area contributed by atoms with Crippen LogP contribution < -0.4 is 10.6 Å². The summed E-state index contributed by atoms with van der Waals surface area (Å²) in [6.45, 7) is 0.0916. The smallest absolute Gasteiger partial charge is 0.306 e. The third-order valence-corrected chi connectivity index (χ3v) is 5.29. The Bertz CT molecular complexity index is 666. The number of aliphatic carboxylic acids is 1. The van der Waals surface area contributed by atoms with Crippen LogP contribution in [0.5, 0.6) is 0 Å². The van der Waals surface area contributed by atoms with E-state index in [0.29, 0.717) is 24.8 Å². The van der Waals surface area contributed by atoms with Crippen LogP contribution in [0.15, 0.2) is 12.4 Å². The van der Waals surface area contributed by atoms with E-state index in [9.17, 15) is 14.4 Å². The Morgan fingerprint density at radius 2 is 1.85 bits per heavy atom. The van der Waals surface area contributed by atoms with Crippen molar-refractivity contribution in [1.29, 1.82) is 0 Å². The molecule has 142 valence electrons. The molecule has 26 heavy (non-hydrogen) atoms. The molecule has 2 atom stereocenters. The topological polar surface area (TPSA) is 113 Å². The molecule has 0 unspecified atom stereocenters. The van der Waals surface area contributed by atoms with Crippen LogP contribution in [0.1, 0.15) is 61.7 Å². The number of rotatable bonds is 6. The molecule has 8 heteroatoms. The molecule has 0 aliphatic heterocycles. The van der Waals surface area contributed by atoms with Gasteiger partial charge in [0.2, 0.25) is 5.91 Å². The number of amides is 2. The van der Waals surface area contributed by atoms with Gasteiger partial charge in [0.15, 0.2) is 0 Å². The summed E-state index contributed by atoms with van der Waals surface area (Å²) in [7, 11) is 0. The van der Waals surface area contributed by atoms with Gasteiger partial charge in [-0.25, -0.2) is 0 Å². The first kappa shape index (κ1) is 18.4. The van der Waals surface area contributed by atoms with E-state index in [2.05, 4.69) is 15.7 Å². The van der Waals surface area contributed by atoms with E-state index in [1.165, 1.54) is 17.3 Å². The van der Waals surface area contributed by atoms with Gasteiger partial charge < -0.3 is 15.7 Å². The predicted molar refractivity (Wildman–Crippen MR) is 93.5 cm³/mol. The number of carbonyl (C=O) groups is 3. The fraction of sp³-hybridized carbons (Fsp3) is 0.667. The molecule has 0 aromatic carbocycles. The van der Waals surface area contributed by atoms with Gasteiger partial charge in [0.05, 0.1) is 17.7 Å². The van der Waals surface area contributed by atoms with Crippen LogP contribution in [0.4, 0.5) is 0 Å². The van der Waals surface area contributed by atoms with E-state index < -0.39 is 5.97 Å². The molecule has 0 radical (unpaired) electrons. The van der Waals surface area contributed by atoms with E-state index in [4.69, 9.17) is 5.11 Å². The first-order valence-electron chi connectivity index (χ1n) is 9.37. The molecule has 2 fully saturated rings. The van der Waals surface area contributed by atoms with Gasteiger partial charge in [-0.05, 0) is 32.1 Å². The molecule has 3 N–H and O–H groups in total. The van der Waals surface area contributed by atoms with Crippen LogP contribution in [0.2, 0.25) is 0 Å². The monoisotopic (exact) mass is 362 g/mol. The molecule has 2 amide bonds. The Kier molecular flexibility index (Phi) is 5.90. The van der Waals surface area contributed by atoms with E-state index >= 15 is 0 Å². The van der Waals surface area contributed by atoms with Crippen LogP contribution in [-0.2, 0) is 16.1 Å². The summed E-state index contributed by atoms with van der Waals surface area (Å²) in [4.78, 5) is 35.4. The molecule has 1 heterocycles. The van der Waals surface area contributed by atoms with Crippen LogP contribution in [0, 0.1) is 5.92 Å². The second kappa shape index (κ2) is 8.33. The minimum atomic E-state index is -0.807. The van der Waals surface area contributed by atoms with Crippen molar-refractivity contribution >= 4 is 17.8 Å². The highest BCUT2D eigenvalue weighted by atomic mass is 16.4. The lowest BCUT2D eigenvalue weighted by Gasteiger charge is -2.22. The lowest BCUT2D eigenvalue weighted by molar-refractivity contribution is -0.141. The minimum absolute atomic E-state index is 0.0907. The first-order valence-corrected chi connectivity index (χ1v) is 9.37. The molecule has 1 aromatic rings. The van der Waals surface area contributed by atoms with Crippen molar-refractivity contribution in [1.82, 2.24) is 20.4 Å². The number of carboxylic acid groups (broad SMARTS) is 1. The maximum Gasteiger partial charge on any atom is 0.306 e. The molecule has 3 rings (SSSR count). The summed E-state index contributed by atoms with van der Waals surface area (Å²) >= 11 is 0. The van der Waals surface area contributed by atoms with Gasteiger partial charge >= 0.3 is 5.97 Å². The van der Waals surface area contributed by atoms with Gasteiger partial charge in [-0.3, -0.25) is 19.1 Å². The molecule has 0 saturated heterocycles. The molecule has 0 bridgehead atoms. The van der Waals surface area contributed by atoms with E-state index in [1.807, 2.05) is 0 Å². The van der Waals surface area contributed by atoms with Crippen molar-refractivity contribution in [2.24, 2.45) is 5.92 Å². The summed E-state index contributed by atoms with van der Waals surface area (Å²) < 4.78 is 1.46. The zero-order valence-electron chi connectivity index (χ0n) is 14.8. The number of carbonyl (C=O) groups excluding carboxylic acids is 2. The third-order valence-electron chi connectivity index (χ3n) is 5.29. The van der Waals surface area contributed by atoms with E-state index in [1.54, 1.807) is 6.20 Å². The summed E-state index contributed by atoms with van der Waals surface area (Å²) in [5.74, 6) is -1.56. The van der Waals surface area contributed by atoms with Crippen molar-refractivity contribution in [3.8, 4) is 0 Å². The Labute approximate surface area is 152 Å². The minimum Gasteiger partial charge on any atom is -0.481 e. The number of nitrogens with zero attached hydrogens (tertiary/aromatic N) is 2. The van der Waals surface area contributed by atoms with Crippen LogP contribution in [0.3, 0.4) is 0 Å². The SMILES string of the molecule is O=C(Cn1cc(C(=O)N[C@H]2CC[C@@H](C(=O)O)C2)cn1)NC1CCCCC1. The molecule has 2 aliphatic rings. The van der Waals surface area contributed by atoms with Crippen molar-refractivity contribution < 1.29 is 19.5 Å². The highest BCUT2D eigenvalue weighted by molar-refractivity contribution is 5.94. The van der Waals surface area contributed by atoms with Gasteiger partial charge in [-0.15, -0.1) is 0 Å². The highest BCUT2D eigenvalue weighted by Gasteiger charge is 2.30. The molecule has 2 aliphatic carbocycles. The van der Waals surface area contributed by atoms with Crippen molar-refractivity contribution in [2.45, 2.75) is 70.0 Å². The lowest BCUT2D eigenvalue weighted by Crippen LogP contribution is -2.38. The van der Waals surface area contributed by atoms with Crippen molar-refractivity contribution in [3.63, 3.8) is 0 Å². The molecule has 2 saturated carbocycles. The molecule has 0 spiro atoms. The average molecular weight is 362 g/mol. The largest absolute Gasteiger partial charge is 0.481 e. The Hall–Kier alpha value is -2.38. The van der Waals surface area contributed by atoms with Crippen LogP contribution in [0.25, 0.3) is 0 Å². The Morgan fingerprint density at radius 1 is 1.08 bits per heavy atom. The Morgan fingerprint density at radius 3 is 2.54 bits per heavy atom. The van der Waals surface area contributed by atoms with E-state index in [0.717, 1.165) is 25.7 Å². The number of nitrogens with one attached hydrogen (secondary N) is 2. The maximum absolute atomic E-state index is 12.3. The highest BCUT2D eigenvalue weighted by Crippen LogP contribution is 2.25. The number of hydrogen-bond donors (Lipinski definition) is 3. The molecule has 1 aromatic heterocycles. The quantitative estimate of drug-likeness (QED) is 0.706. The van der Waals surface area contributed by atoms with Gasteiger partial charge in [-0.2, -0.15) is 5.10 Å². The van der Waals surface area contributed by atoms with Crippen molar-refractivity contribution in [2.75, 3.05) is 0 Å². The lowest BCUT2D eigenvalue weighted by atomic mass is 9.95. The number of hydrogen-bond acceptors (Lipinski definition) is 4. The summed E-state index contributed by atoms with van der Waals surface area (Å²) in [5.41, 5.74) is 0.384. The fourth-order valence-corrected chi connectivity index (χ4v) is 3.84. The van der Waals surface area contributed by atoms with Crippen LogP contribution in [-0.4, -0.2) is 44.8 Å². The zero-order valence-corrected chi connectivity index (χ0v) is 14.8. The van der Waals surface area contributed by atoms with E-state index in [-0.39, 0.29) is 36.4 Å². The van der Waals surface area contributed by atoms with Gasteiger partial charge in [0, 0.05) is 18.3 Å². The number of carboxylic acids is 1. The van der Waals surface area contributed by atoms with Gasteiger partial charge in [0.25, 0.3) is 5.91 Å². The Balaban J connectivity index is 1.47. The van der Waals surface area contributed by atoms with Gasteiger partial charge in [0.1, 0.15) is 6.54 Å². The second-order valence-electron chi connectivity index (χ2n) is 7.35. The first-order chi connectivity index (χ1) is 12.5. The van der Waals surface area contributed by atoms with Gasteiger partial charge in [-0.1, -0.05) is 19.3 Å². The maximum atomic E-state index is 12.3. The third kappa shape index (κ3) is 4.83. The summed E-state index contributed by atoms with van der Waals surface area (Å²) in [5, 5.41) is 19.0. The fourth-order valence-electron chi connectivity index (χ4n) is 3.84. The van der Waals surface area contributed by atoms with Crippen LogP contribution >= 0.6 is 0 Å². The van der Waals surface area contributed by atoms with Crippen molar-refractivity contribution in [3.05, 3.63) is 18.0 Å². The normalized spacial score (nSPS) is 23.5. The zero-order chi connectivity index (χ0) is 18.5. The second-order valence-corrected chi connectivity index (χ2v) is 7.35. The molecular formula is C18H26N4O4. The predicted octanol–water partition coefficient (Wildman–Crippen LogP) is 1.32. The summed E-state index contributed by atoms with van der Waals surface area (Å²) in [6, 6.07) is 0.126. The number of aromatic nitrogens is 2.